The van der Waals surface area contributed by atoms with Gasteiger partial charge in [0.05, 0.1) is 29.5 Å². The van der Waals surface area contributed by atoms with Gasteiger partial charge >= 0.3 is 6.09 Å². The zero-order chi connectivity index (χ0) is 22.8. The summed E-state index contributed by atoms with van der Waals surface area (Å²) in [6.45, 7) is 7.04. The van der Waals surface area contributed by atoms with E-state index in [1.54, 1.807) is 19.1 Å². The second kappa shape index (κ2) is 9.59. The maximum atomic E-state index is 15.0. The lowest BCUT2D eigenvalue weighted by Gasteiger charge is -2.37. The van der Waals surface area contributed by atoms with E-state index in [2.05, 4.69) is 20.4 Å². The predicted molar refractivity (Wildman–Crippen MR) is 130 cm³/mol. The van der Waals surface area contributed by atoms with Crippen LogP contribution in [0, 0.1) is 12.7 Å². The van der Waals surface area contributed by atoms with Gasteiger partial charge in [-0.05, 0) is 32.0 Å². The van der Waals surface area contributed by atoms with E-state index in [-0.39, 0.29) is 11.9 Å². The number of carbonyl (C=O) groups is 1. The van der Waals surface area contributed by atoms with Gasteiger partial charge in [0.2, 0.25) is 0 Å². The van der Waals surface area contributed by atoms with Crippen molar-refractivity contribution in [1.29, 1.82) is 0 Å². The van der Waals surface area contributed by atoms with E-state index in [0.717, 1.165) is 10.0 Å². The molecule has 1 aromatic carbocycles. The van der Waals surface area contributed by atoms with Crippen molar-refractivity contribution >= 4 is 63.2 Å². The minimum Gasteiger partial charge on any atom is -0.442 e. The van der Waals surface area contributed by atoms with Gasteiger partial charge in [-0.2, -0.15) is 0 Å². The van der Waals surface area contributed by atoms with Crippen LogP contribution in [-0.2, 0) is 4.74 Å². The van der Waals surface area contributed by atoms with Gasteiger partial charge in [0.1, 0.15) is 21.9 Å². The number of carbonyl (C=O) groups excluding carboxylic acids is 1. The normalized spacial score (nSPS) is 18.7. The fraction of sp³-hybridized carbons (Fsp3) is 0.450. The minimum absolute atomic E-state index is 0.336. The molecular weight excluding hydrogens is 471 g/mol. The smallest absolute Gasteiger partial charge is 0.414 e. The molecule has 0 spiro atoms. The molecule has 32 heavy (non-hydrogen) atoms. The molecule has 0 unspecified atom stereocenters. The number of cyclic esters (lactones) is 1. The van der Waals surface area contributed by atoms with Crippen molar-refractivity contribution in [3.05, 3.63) is 34.0 Å². The summed E-state index contributed by atoms with van der Waals surface area (Å²) >= 11 is 12.0. The number of thiocarbonyl (C=S) groups is 2. The summed E-state index contributed by atoms with van der Waals surface area (Å²) in [4.78, 5) is 19.1. The highest BCUT2D eigenvalue weighted by Gasteiger charge is 2.33. The average molecular weight is 495 g/mol. The van der Waals surface area contributed by atoms with Crippen molar-refractivity contribution in [2.75, 3.05) is 49.1 Å². The number of ether oxygens (including phenoxy) is 1. The fourth-order valence-electron chi connectivity index (χ4n) is 3.69. The average Bonchev–Trinajstić information content (AvgIpc) is 3.37. The van der Waals surface area contributed by atoms with E-state index in [4.69, 9.17) is 29.2 Å². The van der Waals surface area contributed by atoms with E-state index >= 15 is 0 Å². The maximum absolute atomic E-state index is 15.0. The first-order chi connectivity index (χ1) is 15.3. The predicted octanol–water partition coefficient (Wildman–Crippen LogP) is 2.75. The molecule has 8 nitrogen and oxygen atoms in total. The molecule has 3 heterocycles. The van der Waals surface area contributed by atoms with Crippen LogP contribution in [-0.4, -0.2) is 76.5 Å². The number of amides is 1. The van der Waals surface area contributed by atoms with Crippen LogP contribution in [0.3, 0.4) is 0 Å². The number of anilines is 2. The van der Waals surface area contributed by atoms with Gasteiger partial charge in [-0.15, -0.1) is 10.2 Å². The summed E-state index contributed by atoms with van der Waals surface area (Å²) in [6.07, 6.45) is -0.822. The van der Waals surface area contributed by atoms with E-state index in [1.807, 2.05) is 11.8 Å². The second-order valence-corrected chi connectivity index (χ2v) is 9.78. The Hall–Kier alpha value is -2.44. The number of rotatable bonds is 5. The van der Waals surface area contributed by atoms with Crippen LogP contribution in [0.1, 0.15) is 16.9 Å². The Morgan fingerprint density at radius 1 is 1.28 bits per heavy atom. The molecule has 2 saturated heterocycles. The van der Waals surface area contributed by atoms with Gasteiger partial charge in [-0.1, -0.05) is 35.8 Å². The van der Waals surface area contributed by atoms with Crippen LogP contribution < -0.4 is 15.1 Å². The number of aromatic nitrogens is 2. The molecule has 2 aromatic rings. The molecule has 0 bridgehead atoms. The summed E-state index contributed by atoms with van der Waals surface area (Å²) in [5.74, 6) is -0.373. The number of halogens is 1. The van der Waals surface area contributed by atoms with Crippen molar-refractivity contribution in [2.45, 2.75) is 20.0 Å². The Labute approximate surface area is 200 Å². The van der Waals surface area contributed by atoms with Crippen molar-refractivity contribution in [3.8, 4) is 0 Å². The molecule has 0 saturated carbocycles. The molecular formula is C20H23FN6O2S3. The van der Waals surface area contributed by atoms with Crippen LogP contribution in [0.15, 0.2) is 18.2 Å². The standard InChI is InChI=1S/C20H23FN6O2S3/c1-12(30)22-10-15-11-27(20(28)29-15)14-3-4-17(16(21)9-14)25-5-7-26(8-6-25)19(31)18-24-23-13(2)32-18/h3-4,9,15H,5-8,10-11H2,1-2H3,(H,22,30)/t15-/m0/s1. The third-order valence-electron chi connectivity index (χ3n) is 5.31. The molecule has 0 aliphatic carbocycles. The topological polar surface area (TPSA) is 73.8 Å². The number of aryl methyl sites for hydroxylation is 1. The van der Waals surface area contributed by atoms with Crippen molar-refractivity contribution < 1.29 is 13.9 Å². The second-order valence-electron chi connectivity index (χ2n) is 7.59. The van der Waals surface area contributed by atoms with E-state index < -0.39 is 6.09 Å². The van der Waals surface area contributed by atoms with Gasteiger partial charge in [-0.3, -0.25) is 4.90 Å². The number of hydrogen-bond acceptors (Lipinski definition) is 8. The Morgan fingerprint density at radius 2 is 2.03 bits per heavy atom. The molecule has 1 aromatic heterocycles. The minimum atomic E-state index is -0.486. The number of hydrogen-bond donors (Lipinski definition) is 1. The lowest BCUT2D eigenvalue weighted by molar-refractivity contribution is 0.143. The molecule has 2 aliphatic heterocycles. The highest BCUT2D eigenvalue weighted by Crippen LogP contribution is 2.29. The lowest BCUT2D eigenvalue weighted by Crippen LogP contribution is -2.48. The van der Waals surface area contributed by atoms with E-state index in [1.165, 1.54) is 22.3 Å². The number of benzene rings is 1. The van der Waals surface area contributed by atoms with Crippen molar-refractivity contribution in [3.63, 3.8) is 0 Å². The zero-order valence-electron chi connectivity index (χ0n) is 17.7. The van der Waals surface area contributed by atoms with Gasteiger partial charge in [0, 0.05) is 26.2 Å². The van der Waals surface area contributed by atoms with Crippen LogP contribution in [0.5, 0.6) is 0 Å². The molecule has 0 radical (unpaired) electrons. The summed E-state index contributed by atoms with van der Waals surface area (Å²) in [6, 6.07) is 4.85. The fourth-order valence-corrected chi connectivity index (χ4v) is 4.78. The van der Waals surface area contributed by atoms with Crippen LogP contribution >= 0.6 is 35.8 Å². The molecule has 170 valence electrons. The van der Waals surface area contributed by atoms with Gasteiger partial charge in [0.15, 0.2) is 5.01 Å². The van der Waals surface area contributed by atoms with Crippen molar-refractivity contribution in [1.82, 2.24) is 20.4 Å². The third-order valence-corrected chi connectivity index (χ3v) is 6.88. The summed E-state index contributed by atoms with van der Waals surface area (Å²) < 4.78 is 20.3. The first kappa shape index (κ1) is 22.7. The molecule has 2 aliphatic rings. The number of nitrogens with one attached hydrogen (secondary N) is 1. The Balaban J connectivity index is 1.37. The molecule has 1 N–H and O–H groups in total. The molecule has 1 amide bonds. The highest BCUT2D eigenvalue weighted by molar-refractivity contribution is 7.81. The molecule has 1 atom stereocenters. The van der Waals surface area contributed by atoms with Gasteiger partial charge < -0.3 is 19.9 Å². The summed E-state index contributed by atoms with van der Waals surface area (Å²) in [5, 5.41) is 12.8. The SMILES string of the molecule is CC(=S)NC[C@H]1CN(c2ccc(N3CCN(C(=S)c4nnc(C)s4)CC3)c(F)c2)C(=O)O1. The molecule has 2 fully saturated rings. The zero-order valence-corrected chi connectivity index (χ0v) is 20.2. The van der Waals surface area contributed by atoms with Crippen LogP contribution in [0.2, 0.25) is 0 Å². The highest BCUT2D eigenvalue weighted by atomic mass is 32.1. The first-order valence-electron chi connectivity index (χ1n) is 10.2. The quantitative estimate of drug-likeness (QED) is 0.632. The Morgan fingerprint density at radius 3 is 2.66 bits per heavy atom. The Bertz CT molecular complexity index is 1040. The Kier molecular flexibility index (Phi) is 6.82. The van der Waals surface area contributed by atoms with Gasteiger partial charge in [0.25, 0.3) is 0 Å². The lowest BCUT2D eigenvalue weighted by atomic mass is 10.2. The number of nitrogens with zero attached hydrogens (tertiary/aromatic N) is 5. The molecule has 4 rings (SSSR count). The van der Waals surface area contributed by atoms with Crippen molar-refractivity contribution in [2.24, 2.45) is 0 Å². The number of piperazine rings is 1. The summed E-state index contributed by atoms with van der Waals surface area (Å²) in [5.41, 5.74) is 0.984. The monoisotopic (exact) mass is 494 g/mol. The van der Waals surface area contributed by atoms with E-state index in [9.17, 15) is 9.18 Å². The van der Waals surface area contributed by atoms with E-state index in [0.29, 0.717) is 60.6 Å². The maximum Gasteiger partial charge on any atom is 0.414 e. The summed E-state index contributed by atoms with van der Waals surface area (Å²) in [7, 11) is 0. The van der Waals surface area contributed by atoms with Crippen LogP contribution in [0.4, 0.5) is 20.6 Å². The largest absolute Gasteiger partial charge is 0.442 e. The van der Waals surface area contributed by atoms with Crippen LogP contribution in [0.25, 0.3) is 0 Å². The third kappa shape index (κ3) is 4.97. The first-order valence-corrected chi connectivity index (χ1v) is 11.8. The van der Waals surface area contributed by atoms with Gasteiger partial charge in [-0.25, -0.2) is 9.18 Å². The molecule has 12 heteroatoms.